The van der Waals surface area contributed by atoms with Gasteiger partial charge in [0.1, 0.15) is 5.75 Å². The first-order chi connectivity index (χ1) is 14.1. The lowest BCUT2D eigenvalue weighted by Gasteiger charge is -2.11. The summed E-state index contributed by atoms with van der Waals surface area (Å²) in [5.41, 5.74) is 5.08. The van der Waals surface area contributed by atoms with Gasteiger partial charge in [-0.25, -0.2) is 0 Å². The fourth-order valence-corrected chi connectivity index (χ4v) is 3.78. The van der Waals surface area contributed by atoms with Gasteiger partial charge in [0.2, 0.25) is 0 Å². The molecule has 1 aliphatic carbocycles. The molecule has 3 aromatic rings. The molecule has 2 aromatic carbocycles. The molecule has 3 N–H and O–H groups in total. The molecule has 6 nitrogen and oxygen atoms in total. The average molecular weight is 391 g/mol. The van der Waals surface area contributed by atoms with Gasteiger partial charge in [0.25, 0.3) is 11.8 Å². The molecule has 0 aliphatic heterocycles. The molecule has 0 saturated heterocycles. The molecule has 29 heavy (non-hydrogen) atoms. The van der Waals surface area contributed by atoms with Gasteiger partial charge in [0, 0.05) is 34.4 Å². The lowest BCUT2D eigenvalue weighted by Crippen LogP contribution is -2.28. The van der Waals surface area contributed by atoms with Crippen LogP contribution >= 0.6 is 0 Å². The second-order valence-electron chi connectivity index (χ2n) is 7.27. The zero-order valence-electron chi connectivity index (χ0n) is 16.5. The van der Waals surface area contributed by atoms with E-state index in [0.717, 1.165) is 23.7 Å². The van der Waals surface area contributed by atoms with Crippen LogP contribution in [0.3, 0.4) is 0 Å². The van der Waals surface area contributed by atoms with Crippen LogP contribution in [-0.4, -0.2) is 29.9 Å². The number of H-pyrrole nitrogens is 1. The summed E-state index contributed by atoms with van der Waals surface area (Å²) in [7, 11) is 0. The number of likely N-dealkylation sites (N-methyl/N-ethyl adjacent to an activating group) is 1. The van der Waals surface area contributed by atoms with Gasteiger partial charge in [0.05, 0.1) is 0 Å². The van der Waals surface area contributed by atoms with Crippen LogP contribution in [0.25, 0.3) is 10.9 Å². The van der Waals surface area contributed by atoms with Crippen LogP contribution in [0.1, 0.15) is 41.4 Å². The number of nitrogens with one attached hydrogen (secondary N) is 3. The summed E-state index contributed by atoms with van der Waals surface area (Å²) in [6, 6.07) is 12.8. The Morgan fingerprint density at radius 2 is 1.86 bits per heavy atom. The molecular formula is C23H25N3O3. The SMILES string of the molecule is CCNC(=O)COc1ccc(NC(=O)c2ccc3[nH]c4c(c3c2)CCCC4)cc1. The molecule has 0 unspecified atom stereocenters. The van der Waals surface area contributed by atoms with Crippen molar-refractivity contribution in [2.24, 2.45) is 0 Å². The van der Waals surface area contributed by atoms with Crippen LogP contribution in [0.5, 0.6) is 5.75 Å². The predicted octanol–water partition coefficient (Wildman–Crippen LogP) is 3.81. The molecule has 1 aliphatic rings. The van der Waals surface area contributed by atoms with Crippen molar-refractivity contribution >= 4 is 28.4 Å². The van der Waals surface area contributed by atoms with Gasteiger partial charge in [-0.05, 0) is 80.6 Å². The number of rotatable bonds is 6. The summed E-state index contributed by atoms with van der Waals surface area (Å²) in [5, 5.41) is 6.76. The minimum absolute atomic E-state index is 0.0272. The summed E-state index contributed by atoms with van der Waals surface area (Å²) in [4.78, 5) is 27.7. The highest BCUT2D eigenvalue weighted by Gasteiger charge is 2.17. The van der Waals surface area contributed by atoms with E-state index in [1.54, 1.807) is 24.3 Å². The number of anilines is 1. The Balaban J connectivity index is 1.43. The molecule has 1 aromatic heterocycles. The third-order valence-corrected chi connectivity index (χ3v) is 5.22. The highest BCUT2D eigenvalue weighted by Crippen LogP contribution is 2.30. The number of aromatic amines is 1. The number of ether oxygens (including phenoxy) is 1. The lowest BCUT2D eigenvalue weighted by molar-refractivity contribution is -0.122. The second kappa shape index (κ2) is 8.39. The van der Waals surface area contributed by atoms with Gasteiger partial charge in [-0.2, -0.15) is 0 Å². The topological polar surface area (TPSA) is 83.2 Å². The van der Waals surface area contributed by atoms with E-state index in [9.17, 15) is 9.59 Å². The number of amides is 2. The van der Waals surface area contributed by atoms with E-state index < -0.39 is 0 Å². The van der Waals surface area contributed by atoms with Crippen LogP contribution in [0.4, 0.5) is 5.69 Å². The van der Waals surface area contributed by atoms with E-state index in [0.29, 0.717) is 23.5 Å². The molecule has 0 atom stereocenters. The Hall–Kier alpha value is -3.28. The third-order valence-electron chi connectivity index (χ3n) is 5.22. The molecule has 0 saturated carbocycles. The van der Waals surface area contributed by atoms with Gasteiger partial charge in [0.15, 0.2) is 6.61 Å². The average Bonchev–Trinajstić information content (AvgIpc) is 3.11. The quantitative estimate of drug-likeness (QED) is 0.597. The molecule has 0 spiro atoms. The smallest absolute Gasteiger partial charge is 0.257 e. The molecule has 150 valence electrons. The van der Waals surface area contributed by atoms with Crippen LogP contribution in [-0.2, 0) is 17.6 Å². The number of benzene rings is 2. The first-order valence-electron chi connectivity index (χ1n) is 10.1. The highest BCUT2D eigenvalue weighted by atomic mass is 16.5. The van der Waals surface area contributed by atoms with E-state index in [-0.39, 0.29) is 18.4 Å². The van der Waals surface area contributed by atoms with Crippen molar-refractivity contribution in [1.29, 1.82) is 0 Å². The maximum atomic E-state index is 12.7. The monoisotopic (exact) mass is 391 g/mol. The number of hydrogen-bond donors (Lipinski definition) is 3. The number of carbonyl (C=O) groups excluding carboxylic acids is 2. The normalized spacial score (nSPS) is 13.0. The minimum atomic E-state index is -0.160. The fourth-order valence-electron chi connectivity index (χ4n) is 3.78. The van der Waals surface area contributed by atoms with E-state index in [1.165, 1.54) is 24.1 Å². The minimum Gasteiger partial charge on any atom is -0.484 e. The molecule has 6 heteroatoms. The first kappa shape index (κ1) is 19.1. The zero-order valence-corrected chi connectivity index (χ0v) is 16.5. The number of aromatic nitrogens is 1. The Labute approximate surface area is 169 Å². The van der Waals surface area contributed by atoms with Crippen LogP contribution in [0, 0.1) is 0 Å². The molecule has 1 heterocycles. The van der Waals surface area contributed by atoms with Gasteiger partial charge in [-0.3, -0.25) is 9.59 Å². The van der Waals surface area contributed by atoms with Crippen molar-refractivity contribution in [3.8, 4) is 5.75 Å². The second-order valence-corrected chi connectivity index (χ2v) is 7.27. The number of fused-ring (bicyclic) bond motifs is 3. The maximum Gasteiger partial charge on any atom is 0.257 e. The van der Waals surface area contributed by atoms with Crippen molar-refractivity contribution in [1.82, 2.24) is 10.3 Å². The van der Waals surface area contributed by atoms with Crippen molar-refractivity contribution in [3.05, 3.63) is 59.3 Å². The van der Waals surface area contributed by atoms with Crippen molar-refractivity contribution < 1.29 is 14.3 Å². The Bertz CT molecular complexity index is 1040. The largest absolute Gasteiger partial charge is 0.484 e. The van der Waals surface area contributed by atoms with Gasteiger partial charge in [-0.1, -0.05) is 0 Å². The summed E-state index contributed by atoms with van der Waals surface area (Å²) < 4.78 is 5.43. The van der Waals surface area contributed by atoms with E-state index in [1.807, 2.05) is 25.1 Å². The third kappa shape index (κ3) is 4.26. The summed E-state index contributed by atoms with van der Waals surface area (Å²) in [5.74, 6) is 0.274. The number of hydrogen-bond acceptors (Lipinski definition) is 3. The fraction of sp³-hybridized carbons (Fsp3) is 0.304. The molecule has 2 amide bonds. The number of carbonyl (C=O) groups is 2. The van der Waals surface area contributed by atoms with E-state index in [4.69, 9.17) is 4.74 Å². The van der Waals surface area contributed by atoms with Crippen molar-refractivity contribution in [2.75, 3.05) is 18.5 Å². The molecule has 4 rings (SSSR count). The predicted molar refractivity (Wildman–Crippen MR) is 114 cm³/mol. The summed E-state index contributed by atoms with van der Waals surface area (Å²) >= 11 is 0. The zero-order chi connectivity index (χ0) is 20.2. The van der Waals surface area contributed by atoms with E-state index in [2.05, 4.69) is 15.6 Å². The van der Waals surface area contributed by atoms with Crippen LogP contribution in [0.2, 0.25) is 0 Å². The Morgan fingerprint density at radius 3 is 2.66 bits per heavy atom. The van der Waals surface area contributed by atoms with Gasteiger partial charge >= 0.3 is 0 Å². The summed E-state index contributed by atoms with van der Waals surface area (Å²) in [6.45, 7) is 2.41. The Morgan fingerprint density at radius 1 is 1.07 bits per heavy atom. The summed E-state index contributed by atoms with van der Waals surface area (Å²) in [6.07, 6.45) is 4.57. The Kier molecular flexibility index (Phi) is 5.51. The molecule has 0 bridgehead atoms. The van der Waals surface area contributed by atoms with Crippen molar-refractivity contribution in [2.45, 2.75) is 32.6 Å². The molecule has 0 radical (unpaired) electrons. The van der Waals surface area contributed by atoms with Crippen LogP contribution < -0.4 is 15.4 Å². The highest BCUT2D eigenvalue weighted by molar-refractivity contribution is 6.06. The van der Waals surface area contributed by atoms with E-state index >= 15 is 0 Å². The molecule has 0 fully saturated rings. The maximum absolute atomic E-state index is 12.7. The van der Waals surface area contributed by atoms with Gasteiger partial charge < -0.3 is 20.4 Å². The number of aryl methyl sites for hydroxylation is 2. The van der Waals surface area contributed by atoms with Crippen LogP contribution in [0.15, 0.2) is 42.5 Å². The standard InChI is InChI=1S/C23H25N3O3/c1-2-24-22(27)14-29-17-10-8-16(9-11-17)25-23(28)15-7-12-21-19(13-15)18-5-3-4-6-20(18)26-21/h7-13,26H,2-6,14H2,1H3,(H,24,27)(H,25,28). The van der Waals surface area contributed by atoms with Crippen molar-refractivity contribution in [3.63, 3.8) is 0 Å². The van der Waals surface area contributed by atoms with Gasteiger partial charge in [-0.15, -0.1) is 0 Å². The lowest BCUT2D eigenvalue weighted by atomic mass is 9.95. The molecular weight excluding hydrogens is 366 g/mol. The first-order valence-corrected chi connectivity index (χ1v) is 10.1.